The molecule has 0 spiro atoms. The predicted octanol–water partition coefficient (Wildman–Crippen LogP) is 3.75. The van der Waals surface area contributed by atoms with Gasteiger partial charge in [0.2, 0.25) is 0 Å². The molecule has 1 aliphatic carbocycles. The first kappa shape index (κ1) is 14.4. The molecule has 2 unspecified atom stereocenters. The molecule has 106 valence electrons. The predicted molar refractivity (Wildman–Crippen MR) is 85.2 cm³/mol. The van der Waals surface area contributed by atoms with Gasteiger partial charge in [-0.15, -0.1) is 0 Å². The van der Waals surface area contributed by atoms with Crippen molar-refractivity contribution < 1.29 is 4.74 Å². The summed E-state index contributed by atoms with van der Waals surface area (Å²) in [6.45, 7) is 2.84. The third-order valence-electron chi connectivity index (χ3n) is 3.49. The monoisotopic (exact) mass is 280 g/mol. The highest BCUT2D eigenvalue weighted by molar-refractivity contribution is 7.99. The number of thioether (sulfide) groups is 1. The molecule has 2 rings (SSSR count). The molecule has 0 radical (unpaired) electrons. The second-order valence-electron chi connectivity index (χ2n) is 5.15. The first-order valence-electron chi connectivity index (χ1n) is 7.04. The Balaban J connectivity index is 1.97. The molecule has 0 bridgehead atoms. The molecule has 1 saturated carbocycles. The molecule has 2 atom stereocenters. The van der Waals surface area contributed by atoms with E-state index in [2.05, 4.69) is 24.6 Å². The number of rotatable bonds is 6. The van der Waals surface area contributed by atoms with Gasteiger partial charge in [-0.05, 0) is 38.0 Å². The maximum absolute atomic E-state index is 5.93. The molecule has 0 heterocycles. The molecule has 1 fully saturated rings. The van der Waals surface area contributed by atoms with Crippen LogP contribution in [-0.2, 0) is 0 Å². The lowest BCUT2D eigenvalue weighted by atomic mass is 10.2. The minimum atomic E-state index is 0.568. The van der Waals surface area contributed by atoms with Gasteiger partial charge < -0.3 is 15.8 Å². The van der Waals surface area contributed by atoms with Crippen molar-refractivity contribution in [2.45, 2.75) is 43.9 Å². The van der Waals surface area contributed by atoms with Crippen LogP contribution in [0.1, 0.15) is 32.6 Å². The number of ether oxygens (including phenoxy) is 1. The number of nitrogen functional groups attached to an aromatic ring is 1. The fourth-order valence-corrected chi connectivity index (χ4v) is 3.33. The van der Waals surface area contributed by atoms with Gasteiger partial charge in [-0.1, -0.05) is 6.92 Å². The van der Waals surface area contributed by atoms with Gasteiger partial charge in [-0.2, -0.15) is 11.8 Å². The van der Waals surface area contributed by atoms with Gasteiger partial charge in [-0.3, -0.25) is 0 Å². The molecule has 0 aromatic heterocycles. The Morgan fingerprint density at radius 1 is 1.37 bits per heavy atom. The van der Waals surface area contributed by atoms with Crippen LogP contribution in [0.3, 0.4) is 0 Å². The zero-order valence-corrected chi connectivity index (χ0v) is 12.6. The summed E-state index contributed by atoms with van der Waals surface area (Å²) in [5, 5.41) is 4.39. The summed E-state index contributed by atoms with van der Waals surface area (Å²) in [5.74, 6) is 0.865. The van der Waals surface area contributed by atoms with Crippen molar-refractivity contribution in [2.75, 3.05) is 23.9 Å². The lowest BCUT2D eigenvalue weighted by molar-refractivity contribution is 0.318. The van der Waals surface area contributed by atoms with Crippen molar-refractivity contribution in [3.8, 4) is 5.75 Å². The van der Waals surface area contributed by atoms with Crippen molar-refractivity contribution >= 4 is 23.1 Å². The van der Waals surface area contributed by atoms with E-state index in [1.54, 1.807) is 0 Å². The van der Waals surface area contributed by atoms with Crippen molar-refractivity contribution in [3.05, 3.63) is 18.2 Å². The number of nitrogens with one attached hydrogen (secondary N) is 1. The summed E-state index contributed by atoms with van der Waals surface area (Å²) >= 11 is 1.97. The molecular weight excluding hydrogens is 256 g/mol. The van der Waals surface area contributed by atoms with Crippen LogP contribution >= 0.6 is 11.8 Å². The summed E-state index contributed by atoms with van der Waals surface area (Å²) < 4.78 is 5.66. The molecule has 1 aromatic carbocycles. The Kier molecular flexibility index (Phi) is 5.25. The highest BCUT2D eigenvalue weighted by atomic mass is 32.2. The van der Waals surface area contributed by atoms with Gasteiger partial charge in [0.1, 0.15) is 5.75 Å². The average molecular weight is 280 g/mol. The van der Waals surface area contributed by atoms with Crippen molar-refractivity contribution in [1.82, 2.24) is 0 Å². The van der Waals surface area contributed by atoms with Crippen LogP contribution < -0.4 is 15.8 Å². The molecule has 0 aliphatic heterocycles. The number of hydrogen-bond acceptors (Lipinski definition) is 4. The molecule has 19 heavy (non-hydrogen) atoms. The van der Waals surface area contributed by atoms with E-state index in [1.165, 1.54) is 19.3 Å². The quantitative estimate of drug-likeness (QED) is 0.779. The Morgan fingerprint density at radius 2 is 2.21 bits per heavy atom. The van der Waals surface area contributed by atoms with Crippen LogP contribution in [0, 0.1) is 0 Å². The maximum atomic E-state index is 5.93. The van der Waals surface area contributed by atoms with E-state index in [-0.39, 0.29) is 0 Å². The van der Waals surface area contributed by atoms with Gasteiger partial charge >= 0.3 is 0 Å². The molecule has 0 saturated heterocycles. The van der Waals surface area contributed by atoms with E-state index in [0.29, 0.717) is 6.04 Å². The van der Waals surface area contributed by atoms with Crippen LogP contribution in [-0.4, -0.2) is 24.2 Å². The van der Waals surface area contributed by atoms with E-state index >= 15 is 0 Å². The fourth-order valence-electron chi connectivity index (χ4n) is 2.53. The molecule has 3 nitrogen and oxygen atoms in total. The van der Waals surface area contributed by atoms with E-state index in [0.717, 1.165) is 35.4 Å². The SMILES string of the molecule is CCCOc1cc(N)cc(NC2CCC(SC)C2)c1. The standard InChI is InChI=1S/C15H24N2OS/c1-3-6-18-14-8-11(16)7-13(9-14)17-12-4-5-15(10-12)19-2/h7-9,12,15,17H,3-6,10,16H2,1-2H3. The normalized spacial score (nSPS) is 22.4. The summed E-state index contributed by atoms with van der Waals surface area (Å²) in [4.78, 5) is 0. The molecule has 3 N–H and O–H groups in total. The second kappa shape index (κ2) is 6.94. The Labute approximate surface area is 120 Å². The summed E-state index contributed by atoms with van der Waals surface area (Å²) in [7, 11) is 0. The Morgan fingerprint density at radius 3 is 2.89 bits per heavy atom. The van der Waals surface area contributed by atoms with Crippen LogP contribution in [0.2, 0.25) is 0 Å². The van der Waals surface area contributed by atoms with Crippen molar-refractivity contribution in [2.24, 2.45) is 0 Å². The number of nitrogens with two attached hydrogens (primary N) is 1. The third-order valence-corrected chi connectivity index (χ3v) is 4.59. The fraction of sp³-hybridized carbons (Fsp3) is 0.600. The zero-order valence-electron chi connectivity index (χ0n) is 11.8. The minimum absolute atomic E-state index is 0.568. The average Bonchev–Trinajstić information content (AvgIpc) is 2.83. The molecule has 1 aromatic rings. The Hall–Kier alpha value is -1.03. The zero-order chi connectivity index (χ0) is 13.7. The van der Waals surface area contributed by atoms with Crippen LogP contribution in [0.4, 0.5) is 11.4 Å². The Bertz CT molecular complexity index is 411. The minimum Gasteiger partial charge on any atom is -0.493 e. The highest BCUT2D eigenvalue weighted by Gasteiger charge is 2.23. The second-order valence-corrected chi connectivity index (χ2v) is 6.29. The largest absolute Gasteiger partial charge is 0.493 e. The van der Waals surface area contributed by atoms with E-state index in [9.17, 15) is 0 Å². The number of anilines is 2. The van der Waals surface area contributed by atoms with Crippen LogP contribution in [0.25, 0.3) is 0 Å². The molecular formula is C15H24N2OS. The van der Waals surface area contributed by atoms with Gasteiger partial charge in [0.25, 0.3) is 0 Å². The third kappa shape index (κ3) is 4.23. The first-order valence-corrected chi connectivity index (χ1v) is 8.32. The smallest absolute Gasteiger partial charge is 0.123 e. The first-order chi connectivity index (χ1) is 9.21. The van der Waals surface area contributed by atoms with Gasteiger partial charge in [0.05, 0.1) is 6.61 Å². The molecule has 1 aliphatic rings. The maximum Gasteiger partial charge on any atom is 0.123 e. The van der Waals surface area contributed by atoms with Crippen LogP contribution in [0.15, 0.2) is 18.2 Å². The van der Waals surface area contributed by atoms with Crippen LogP contribution in [0.5, 0.6) is 5.75 Å². The van der Waals surface area contributed by atoms with E-state index < -0.39 is 0 Å². The molecule has 4 heteroatoms. The van der Waals surface area contributed by atoms with Gasteiger partial charge in [0.15, 0.2) is 0 Å². The van der Waals surface area contributed by atoms with Gasteiger partial charge in [0, 0.05) is 34.8 Å². The summed E-state index contributed by atoms with van der Waals surface area (Å²) in [6.07, 6.45) is 6.99. The lowest BCUT2D eigenvalue weighted by Gasteiger charge is -2.16. The lowest BCUT2D eigenvalue weighted by Crippen LogP contribution is -2.16. The number of hydrogen-bond donors (Lipinski definition) is 2. The number of benzene rings is 1. The van der Waals surface area contributed by atoms with Crippen molar-refractivity contribution in [3.63, 3.8) is 0 Å². The van der Waals surface area contributed by atoms with E-state index in [4.69, 9.17) is 10.5 Å². The van der Waals surface area contributed by atoms with Crippen molar-refractivity contribution in [1.29, 1.82) is 0 Å². The highest BCUT2D eigenvalue weighted by Crippen LogP contribution is 2.31. The van der Waals surface area contributed by atoms with Gasteiger partial charge in [-0.25, -0.2) is 0 Å². The summed E-state index contributed by atoms with van der Waals surface area (Å²) in [5.41, 5.74) is 7.78. The molecule has 0 amide bonds. The topological polar surface area (TPSA) is 47.3 Å². The summed E-state index contributed by atoms with van der Waals surface area (Å²) in [6, 6.07) is 6.50. The van der Waals surface area contributed by atoms with E-state index in [1.807, 2.05) is 23.9 Å².